The van der Waals surface area contributed by atoms with E-state index in [1.165, 1.54) is 0 Å². The van der Waals surface area contributed by atoms with Gasteiger partial charge in [-0.3, -0.25) is 9.59 Å². The molecule has 3 aliphatic rings. The van der Waals surface area contributed by atoms with Gasteiger partial charge in [-0.2, -0.15) is 0 Å². The van der Waals surface area contributed by atoms with Gasteiger partial charge in [-0.05, 0) is 25.7 Å². The van der Waals surface area contributed by atoms with Gasteiger partial charge in [0.15, 0.2) is 0 Å². The Morgan fingerprint density at radius 2 is 1.83 bits per heavy atom. The zero-order chi connectivity index (χ0) is 22.0. The Morgan fingerprint density at radius 1 is 1.20 bits per heavy atom. The third kappa shape index (κ3) is 6.23. The van der Waals surface area contributed by atoms with Gasteiger partial charge in [0.2, 0.25) is 0 Å². The van der Waals surface area contributed by atoms with Gasteiger partial charge in [0.25, 0.3) is 0 Å². The summed E-state index contributed by atoms with van der Waals surface area (Å²) in [6.45, 7) is 12.0. The van der Waals surface area contributed by atoms with E-state index in [0.29, 0.717) is 32.8 Å². The van der Waals surface area contributed by atoms with Crippen LogP contribution in [0.5, 0.6) is 0 Å². The molecular weight excluding hydrogens is 388 g/mol. The van der Waals surface area contributed by atoms with E-state index in [2.05, 4.69) is 13.2 Å². The van der Waals surface area contributed by atoms with Crippen molar-refractivity contribution in [3.8, 4) is 0 Å². The van der Waals surface area contributed by atoms with Crippen LogP contribution in [0, 0.1) is 16.7 Å². The Kier molecular flexibility index (Phi) is 9.68. The molecule has 3 rings (SSSR count). The van der Waals surface area contributed by atoms with E-state index in [-0.39, 0.29) is 36.0 Å². The summed E-state index contributed by atoms with van der Waals surface area (Å²) in [5.41, 5.74) is -0.831. The van der Waals surface area contributed by atoms with Crippen molar-refractivity contribution < 1.29 is 33.6 Å². The number of esters is 2. The van der Waals surface area contributed by atoms with Crippen LogP contribution >= 0.6 is 0 Å². The Hall–Kier alpha value is -1.54. The number of hydrogen-bond acceptors (Lipinski definition) is 7. The molecule has 3 fully saturated rings. The molecule has 0 aromatic rings. The lowest BCUT2D eigenvalue weighted by Gasteiger charge is -2.33. The summed E-state index contributed by atoms with van der Waals surface area (Å²) >= 11 is 0. The van der Waals surface area contributed by atoms with Crippen LogP contribution in [0.4, 0.5) is 0 Å². The number of hydrogen-bond donors (Lipinski definition) is 1. The third-order valence-electron chi connectivity index (χ3n) is 6.28. The SMILES string of the molecule is C=CCOCC(CC)(CO)COCC=C.O=C1OC(=O)C2(CC3CO3)CCCCC12. The van der Waals surface area contributed by atoms with Crippen molar-refractivity contribution in [2.75, 3.05) is 39.6 Å². The molecule has 30 heavy (non-hydrogen) atoms. The van der Waals surface area contributed by atoms with E-state index < -0.39 is 5.41 Å². The number of fused-ring (bicyclic) bond motifs is 1. The van der Waals surface area contributed by atoms with E-state index in [0.717, 1.165) is 38.7 Å². The normalized spacial score (nSPS) is 27.5. The Bertz CT molecular complexity index is 578. The molecule has 0 aromatic carbocycles. The lowest BCUT2D eigenvalue weighted by atomic mass is 9.65. The first-order valence-electron chi connectivity index (χ1n) is 10.8. The van der Waals surface area contributed by atoms with Crippen LogP contribution in [0.3, 0.4) is 0 Å². The van der Waals surface area contributed by atoms with Crippen molar-refractivity contribution >= 4 is 11.9 Å². The molecule has 2 heterocycles. The predicted molar refractivity (Wildman–Crippen MR) is 112 cm³/mol. The van der Waals surface area contributed by atoms with Gasteiger partial charge in [0, 0.05) is 5.41 Å². The zero-order valence-electron chi connectivity index (χ0n) is 18.1. The van der Waals surface area contributed by atoms with Crippen molar-refractivity contribution in [1.29, 1.82) is 0 Å². The van der Waals surface area contributed by atoms with Gasteiger partial charge < -0.3 is 24.1 Å². The largest absolute Gasteiger partial charge is 0.396 e. The van der Waals surface area contributed by atoms with E-state index >= 15 is 0 Å². The monoisotopic (exact) mass is 424 g/mol. The van der Waals surface area contributed by atoms with Crippen molar-refractivity contribution in [2.24, 2.45) is 16.7 Å². The Morgan fingerprint density at radius 3 is 2.33 bits per heavy atom. The minimum Gasteiger partial charge on any atom is -0.396 e. The lowest BCUT2D eigenvalue weighted by Crippen LogP contribution is -2.38. The van der Waals surface area contributed by atoms with Gasteiger partial charge in [-0.15, -0.1) is 13.2 Å². The van der Waals surface area contributed by atoms with E-state index in [9.17, 15) is 14.7 Å². The van der Waals surface area contributed by atoms with Crippen LogP contribution in [-0.2, 0) is 28.5 Å². The zero-order valence-corrected chi connectivity index (χ0v) is 18.1. The van der Waals surface area contributed by atoms with Crippen LogP contribution in [0.15, 0.2) is 25.3 Å². The lowest BCUT2D eigenvalue weighted by molar-refractivity contribution is -0.155. The summed E-state index contributed by atoms with van der Waals surface area (Å²) in [7, 11) is 0. The summed E-state index contributed by atoms with van der Waals surface area (Å²) in [5.74, 6) is -0.795. The van der Waals surface area contributed by atoms with Gasteiger partial charge in [0.05, 0.1) is 57.1 Å². The van der Waals surface area contributed by atoms with Gasteiger partial charge in [-0.1, -0.05) is 31.9 Å². The summed E-state index contributed by atoms with van der Waals surface area (Å²) < 4.78 is 20.7. The van der Waals surface area contributed by atoms with Crippen LogP contribution in [0.2, 0.25) is 0 Å². The fourth-order valence-corrected chi connectivity index (χ4v) is 4.18. The van der Waals surface area contributed by atoms with Crippen LogP contribution in [0.1, 0.15) is 45.4 Å². The fourth-order valence-electron chi connectivity index (χ4n) is 4.18. The molecule has 0 spiro atoms. The molecular formula is C23H36O7. The minimum absolute atomic E-state index is 0.0672. The van der Waals surface area contributed by atoms with Gasteiger partial charge in [0.1, 0.15) is 0 Å². The van der Waals surface area contributed by atoms with Crippen molar-refractivity contribution in [3.63, 3.8) is 0 Å². The molecule has 2 aliphatic heterocycles. The maximum Gasteiger partial charge on any atom is 0.320 e. The number of ether oxygens (including phenoxy) is 4. The summed E-state index contributed by atoms with van der Waals surface area (Å²) in [4.78, 5) is 23.3. The molecule has 7 heteroatoms. The Labute approximate surface area is 179 Å². The molecule has 0 bridgehead atoms. The van der Waals surface area contributed by atoms with Crippen molar-refractivity contribution in [2.45, 2.75) is 51.6 Å². The molecule has 0 radical (unpaired) electrons. The highest BCUT2D eigenvalue weighted by molar-refractivity contribution is 5.99. The molecule has 170 valence electrons. The van der Waals surface area contributed by atoms with Crippen LogP contribution in [-0.4, -0.2) is 62.8 Å². The first kappa shape index (κ1) is 24.7. The molecule has 2 saturated heterocycles. The maximum absolute atomic E-state index is 11.8. The van der Waals surface area contributed by atoms with Crippen LogP contribution in [0.25, 0.3) is 0 Å². The molecule has 1 aliphatic carbocycles. The second-order valence-corrected chi connectivity index (χ2v) is 8.44. The summed E-state index contributed by atoms with van der Waals surface area (Å²) in [5, 5.41) is 9.36. The van der Waals surface area contributed by atoms with Crippen LogP contribution < -0.4 is 0 Å². The van der Waals surface area contributed by atoms with Gasteiger partial charge in [-0.25, -0.2) is 0 Å². The van der Waals surface area contributed by atoms with Crippen molar-refractivity contribution in [1.82, 2.24) is 0 Å². The maximum atomic E-state index is 11.8. The average molecular weight is 425 g/mol. The molecule has 7 nitrogen and oxygen atoms in total. The number of carbonyl (C=O) groups is 2. The predicted octanol–water partition coefficient (Wildman–Crippen LogP) is 2.82. The minimum atomic E-state index is -0.531. The number of carbonyl (C=O) groups excluding carboxylic acids is 2. The second kappa shape index (κ2) is 11.7. The van der Waals surface area contributed by atoms with E-state index in [1.54, 1.807) is 12.2 Å². The first-order chi connectivity index (χ1) is 14.5. The number of aliphatic hydroxyl groups excluding tert-OH is 1. The van der Waals surface area contributed by atoms with Gasteiger partial charge >= 0.3 is 11.9 Å². The highest BCUT2D eigenvalue weighted by Gasteiger charge is 2.59. The summed E-state index contributed by atoms with van der Waals surface area (Å²) in [6.07, 6.45) is 8.72. The molecule has 1 saturated carbocycles. The highest BCUT2D eigenvalue weighted by atomic mass is 16.6. The Balaban J connectivity index is 0.000000214. The first-order valence-corrected chi connectivity index (χ1v) is 10.8. The molecule has 0 amide bonds. The topological polar surface area (TPSA) is 94.6 Å². The standard InChI is InChI=1S/C12H22O3.C11H14O4/c1-4-7-14-10-12(6-3,9-13)11-15-8-5-2;12-9-8-3-1-2-4-11(8,10(13)15-9)5-7-6-14-7/h4-5,13H,1-2,6-11H2,3H3;7-8H,1-6H2. The quantitative estimate of drug-likeness (QED) is 0.169. The third-order valence-corrected chi connectivity index (χ3v) is 6.28. The molecule has 3 atom stereocenters. The molecule has 1 N–H and O–H groups in total. The second-order valence-electron chi connectivity index (χ2n) is 8.44. The molecule has 0 aromatic heterocycles. The number of cyclic esters (lactones) is 2. The van der Waals surface area contributed by atoms with E-state index in [1.807, 2.05) is 6.92 Å². The average Bonchev–Trinajstić information content (AvgIpc) is 3.53. The van der Waals surface area contributed by atoms with Crippen molar-refractivity contribution in [3.05, 3.63) is 25.3 Å². The smallest absolute Gasteiger partial charge is 0.320 e. The molecule has 3 unspecified atom stereocenters. The van der Waals surface area contributed by atoms with E-state index in [4.69, 9.17) is 18.9 Å². The number of aliphatic hydroxyl groups is 1. The highest BCUT2D eigenvalue weighted by Crippen LogP contribution is 2.51. The fraction of sp³-hybridized carbons (Fsp3) is 0.739. The summed E-state index contributed by atoms with van der Waals surface area (Å²) in [6, 6.07) is 0. The number of epoxide rings is 1. The number of rotatable bonds is 12.